The molecule has 0 N–H and O–H groups in total. The minimum absolute atomic E-state index is 0.105. The lowest BCUT2D eigenvalue weighted by molar-refractivity contribution is 0.0759. The van der Waals surface area contributed by atoms with Gasteiger partial charge in [-0.3, -0.25) is 4.79 Å². The van der Waals surface area contributed by atoms with E-state index in [1.807, 2.05) is 24.3 Å². The Hall–Kier alpha value is -1.88. The number of nitrogens with zero attached hydrogens (tertiary/aromatic N) is 1. The van der Waals surface area contributed by atoms with Crippen molar-refractivity contribution in [1.82, 2.24) is 4.90 Å². The first-order valence-corrected chi connectivity index (χ1v) is 10.6. The summed E-state index contributed by atoms with van der Waals surface area (Å²) >= 11 is 1.51. The van der Waals surface area contributed by atoms with Crippen LogP contribution in [0.15, 0.2) is 42.5 Å². The Morgan fingerprint density at radius 2 is 1.89 bits per heavy atom. The average Bonchev–Trinajstić information content (AvgIpc) is 3.14. The summed E-state index contributed by atoms with van der Waals surface area (Å²) in [5, 5.41) is -0.410. The van der Waals surface area contributed by atoms with E-state index in [4.69, 9.17) is 0 Å². The number of halogens is 2. The predicted octanol–water partition coefficient (Wildman–Crippen LogP) is 5.98. The molecule has 2 aromatic rings. The molecular weight excluding hydrogens is 364 g/mol. The van der Waals surface area contributed by atoms with Crippen molar-refractivity contribution in [2.75, 3.05) is 12.3 Å². The first-order chi connectivity index (χ1) is 13.1. The van der Waals surface area contributed by atoms with Gasteiger partial charge < -0.3 is 4.90 Å². The monoisotopic (exact) mass is 389 g/mol. The lowest BCUT2D eigenvalue weighted by Crippen LogP contribution is -2.30. The second kappa shape index (κ2) is 9.36. The van der Waals surface area contributed by atoms with Crippen molar-refractivity contribution in [3.63, 3.8) is 0 Å². The van der Waals surface area contributed by atoms with Crippen LogP contribution >= 0.6 is 11.8 Å². The third kappa shape index (κ3) is 4.89. The van der Waals surface area contributed by atoms with Crippen molar-refractivity contribution in [3.8, 4) is 0 Å². The summed E-state index contributed by atoms with van der Waals surface area (Å²) in [5.74, 6) is -0.574. The summed E-state index contributed by atoms with van der Waals surface area (Å²) in [6, 6.07) is 11.3. The zero-order valence-corrected chi connectivity index (χ0v) is 16.4. The summed E-state index contributed by atoms with van der Waals surface area (Å²) in [6.45, 7) is 2.76. The summed E-state index contributed by atoms with van der Waals surface area (Å²) in [7, 11) is 0. The van der Waals surface area contributed by atoms with E-state index in [1.54, 1.807) is 4.90 Å². The maximum absolute atomic E-state index is 14.2. The molecule has 1 aliphatic rings. The smallest absolute Gasteiger partial charge is 0.255 e. The fourth-order valence-corrected chi connectivity index (χ4v) is 4.65. The van der Waals surface area contributed by atoms with E-state index in [2.05, 4.69) is 6.92 Å². The third-order valence-electron chi connectivity index (χ3n) is 4.90. The molecule has 5 heteroatoms. The molecule has 3 rings (SSSR count). The van der Waals surface area contributed by atoms with Gasteiger partial charge in [0.05, 0.1) is 0 Å². The fourth-order valence-electron chi connectivity index (χ4n) is 3.37. The van der Waals surface area contributed by atoms with E-state index < -0.39 is 17.0 Å². The fraction of sp³-hybridized carbons (Fsp3) is 0.409. The van der Waals surface area contributed by atoms with Gasteiger partial charge in [-0.05, 0) is 36.6 Å². The van der Waals surface area contributed by atoms with Crippen molar-refractivity contribution < 1.29 is 13.6 Å². The van der Waals surface area contributed by atoms with Gasteiger partial charge in [0.1, 0.15) is 17.0 Å². The number of thioether (sulfide) groups is 1. The van der Waals surface area contributed by atoms with E-state index in [0.29, 0.717) is 17.7 Å². The Kier molecular flexibility index (Phi) is 6.89. The van der Waals surface area contributed by atoms with Crippen molar-refractivity contribution in [3.05, 3.63) is 70.8 Å². The zero-order chi connectivity index (χ0) is 19.2. The van der Waals surface area contributed by atoms with E-state index in [9.17, 15) is 13.6 Å². The number of amides is 1. The largest absolute Gasteiger partial charge is 0.322 e. The summed E-state index contributed by atoms with van der Waals surface area (Å²) in [4.78, 5) is 14.6. The molecule has 0 bridgehead atoms. The molecular formula is C22H25F2NOS. The van der Waals surface area contributed by atoms with Crippen LogP contribution in [0.2, 0.25) is 0 Å². The lowest BCUT2D eigenvalue weighted by Gasteiger charge is -2.24. The van der Waals surface area contributed by atoms with Gasteiger partial charge in [0.15, 0.2) is 0 Å². The molecule has 0 unspecified atom stereocenters. The summed E-state index contributed by atoms with van der Waals surface area (Å²) in [6.07, 6.45) is 5.89. The van der Waals surface area contributed by atoms with Crippen LogP contribution in [-0.4, -0.2) is 23.1 Å². The van der Waals surface area contributed by atoms with E-state index in [-0.39, 0.29) is 5.91 Å². The lowest BCUT2D eigenvalue weighted by atomic mass is 10.0. The van der Waals surface area contributed by atoms with Gasteiger partial charge in [0.25, 0.3) is 5.91 Å². The summed E-state index contributed by atoms with van der Waals surface area (Å²) in [5.41, 5.74) is 2.21. The molecule has 0 spiro atoms. The van der Waals surface area contributed by atoms with Crippen molar-refractivity contribution in [1.29, 1.82) is 0 Å². The standard InChI is InChI=1S/C22H25F2NOS/c1-2-3-4-5-6-16-7-9-17(10-8-16)21(26)25-13-14-27-22(25)19-12-11-18(23)15-20(19)24/h7-12,15,22H,2-6,13-14H2,1H3/t22-/m1/s1. The van der Waals surface area contributed by atoms with Crippen LogP contribution in [0.3, 0.4) is 0 Å². The van der Waals surface area contributed by atoms with Gasteiger partial charge in [-0.1, -0.05) is 44.4 Å². The molecule has 1 fully saturated rings. The van der Waals surface area contributed by atoms with Gasteiger partial charge in [0, 0.05) is 29.5 Å². The van der Waals surface area contributed by atoms with Gasteiger partial charge in [-0.15, -0.1) is 11.8 Å². The van der Waals surface area contributed by atoms with Crippen LogP contribution in [0.4, 0.5) is 8.78 Å². The molecule has 1 heterocycles. The highest BCUT2D eigenvalue weighted by molar-refractivity contribution is 7.99. The maximum atomic E-state index is 14.2. The molecule has 2 nitrogen and oxygen atoms in total. The Labute approximate surface area is 164 Å². The average molecular weight is 390 g/mol. The highest BCUT2D eigenvalue weighted by atomic mass is 32.2. The van der Waals surface area contributed by atoms with Gasteiger partial charge in [-0.2, -0.15) is 0 Å². The van der Waals surface area contributed by atoms with Gasteiger partial charge in [0.2, 0.25) is 0 Å². The molecule has 27 heavy (non-hydrogen) atoms. The number of carbonyl (C=O) groups excluding carboxylic acids is 1. The molecule has 0 aliphatic carbocycles. The maximum Gasteiger partial charge on any atom is 0.255 e. The Bertz CT molecular complexity index is 778. The minimum Gasteiger partial charge on any atom is -0.322 e. The molecule has 1 aliphatic heterocycles. The van der Waals surface area contributed by atoms with Crippen LogP contribution in [0, 0.1) is 11.6 Å². The van der Waals surface area contributed by atoms with Crippen LogP contribution < -0.4 is 0 Å². The number of unbranched alkanes of at least 4 members (excludes halogenated alkanes) is 3. The SMILES string of the molecule is CCCCCCc1ccc(C(=O)N2CCS[C@@H]2c2ccc(F)cc2F)cc1. The molecule has 144 valence electrons. The second-order valence-electron chi connectivity index (χ2n) is 6.90. The van der Waals surface area contributed by atoms with Gasteiger partial charge in [-0.25, -0.2) is 8.78 Å². The highest BCUT2D eigenvalue weighted by Gasteiger charge is 2.33. The van der Waals surface area contributed by atoms with Gasteiger partial charge >= 0.3 is 0 Å². The molecule has 0 aromatic heterocycles. The second-order valence-corrected chi connectivity index (χ2v) is 8.08. The van der Waals surface area contributed by atoms with Crippen molar-refractivity contribution >= 4 is 17.7 Å². The Balaban J connectivity index is 1.69. The Morgan fingerprint density at radius 1 is 1.11 bits per heavy atom. The van der Waals surface area contributed by atoms with Crippen molar-refractivity contribution in [2.45, 2.75) is 44.4 Å². The van der Waals surface area contributed by atoms with Crippen LogP contribution in [0.25, 0.3) is 0 Å². The molecule has 1 saturated heterocycles. The first kappa shape index (κ1) is 19.9. The van der Waals surface area contributed by atoms with E-state index >= 15 is 0 Å². The van der Waals surface area contributed by atoms with Crippen LogP contribution in [0.5, 0.6) is 0 Å². The normalized spacial score (nSPS) is 16.7. The number of aryl methyl sites for hydroxylation is 1. The number of carbonyl (C=O) groups is 1. The number of hydrogen-bond acceptors (Lipinski definition) is 2. The van der Waals surface area contributed by atoms with Crippen LogP contribution in [0.1, 0.15) is 59.5 Å². The van der Waals surface area contributed by atoms with Crippen LogP contribution in [-0.2, 0) is 6.42 Å². The number of rotatable bonds is 7. The third-order valence-corrected chi connectivity index (χ3v) is 6.14. The molecule has 1 amide bonds. The van der Waals surface area contributed by atoms with E-state index in [0.717, 1.165) is 24.7 Å². The minimum atomic E-state index is -0.605. The highest BCUT2D eigenvalue weighted by Crippen LogP contribution is 2.39. The van der Waals surface area contributed by atoms with E-state index in [1.165, 1.54) is 48.7 Å². The number of benzene rings is 2. The first-order valence-electron chi connectivity index (χ1n) is 9.56. The number of hydrogen-bond donors (Lipinski definition) is 0. The molecule has 2 aromatic carbocycles. The quantitative estimate of drug-likeness (QED) is 0.543. The molecule has 0 saturated carbocycles. The molecule has 1 atom stereocenters. The predicted molar refractivity (Wildman–Crippen MR) is 107 cm³/mol. The molecule has 0 radical (unpaired) electrons. The summed E-state index contributed by atoms with van der Waals surface area (Å²) < 4.78 is 27.4. The zero-order valence-electron chi connectivity index (χ0n) is 15.6. The Morgan fingerprint density at radius 3 is 2.59 bits per heavy atom. The van der Waals surface area contributed by atoms with Crippen molar-refractivity contribution in [2.24, 2.45) is 0 Å². The topological polar surface area (TPSA) is 20.3 Å².